The van der Waals surface area contributed by atoms with E-state index in [9.17, 15) is 4.79 Å². The van der Waals surface area contributed by atoms with Gasteiger partial charge in [0.2, 0.25) is 0 Å². The fraction of sp³-hybridized carbons (Fsp3) is 0.350. The number of nitrogens with zero attached hydrogens (tertiary/aromatic N) is 1. The van der Waals surface area contributed by atoms with Crippen LogP contribution in [0.3, 0.4) is 0 Å². The summed E-state index contributed by atoms with van der Waals surface area (Å²) in [4.78, 5) is 13.5. The third-order valence-corrected chi connectivity index (χ3v) is 4.70. The first-order valence-electron chi connectivity index (χ1n) is 8.45. The zero-order valence-corrected chi connectivity index (χ0v) is 14.0. The van der Waals surface area contributed by atoms with Gasteiger partial charge < -0.3 is 10.4 Å². The van der Waals surface area contributed by atoms with Crippen LogP contribution in [0.2, 0.25) is 0 Å². The van der Waals surface area contributed by atoms with Crippen LogP contribution in [-0.4, -0.2) is 34.6 Å². The molecule has 2 N–H and O–H groups in total. The van der Waals surface area contributed by atoms with Crippen molar-refractivity contribution < 1.29 is 9.90 Å². The summed E-state index contributed by atoms with van der Waals surface area (Å²) >= 11 is 0. The second-order valence-electron chi connectivity index (χ2n) is 6.58. The quantitative estimate of drug-likeness (QED) is 0.857. The molecule has 1 aliphatic heterocycles. The summed E-state index contributed by atoms with van der Waals surface area (Å²) in [5.74, 6) is -0.875. The average molecular weight is 324 g/mol. The van der Waals surface area contributed by atoms with Gasteiger partial charge in [0.15, 0.2) is 0 Å². The van der Waals surface area contributed by atoms with Crippen LogP contribution in [0.25, 0.3) is 0 Å². The SMILES string of the molecule is CC1CC(NCc2cccc(C(=O)O)c2)CN1Cc1ccccc1. The second-order valence-corrected chi connectivity index (χ2v) is 6.58. The molecule has 0 aromatic heterocycles. The van der Waals surface area contributed by atoms with Gasteiger partial charge >= 0.3 is 5.97 Å². The van der Waals surface area contributed by atoms with Crippen LogP contribution in [0.4, 0.5) is 0 Å². The Kier molecular flexibility index (Phi) is 5.28. The number of hydrogen-bond acceptors (Lipinski definition) is 3. The number of hydrogen-bond donors (Lipinski definition) is 2. The van der Waals surface area contributed by atoms with E-state index in [1.807, 2.05) is 12.1 Å². The number of benzene rings is 2. The number of aromatic carboxylic acids is 1. The van der Waals surface area contributed by atoms with Gasteiger partial charge in [-0.2, -0.15) is 0 Å². The minimum atomic E-state index is -0.875. The minimum absolute atomic E-state index is 0.347. The van der Waals surface area contributed by atoms with Gasteiger partial charge in [-0.1, -0.05) is 42.5 Å². The molecule has 4 nitrogen and oxygen atoms in total. The summed E-state index contributed by atoms with van der Waals surface area (Å²) in [6.45, 7) is 4.98. The van der Waals surface area contributed by atoms with Crippen LogP contribution >= 0.6 is 0 Å². The van der Waals surface area contributed by atoms with Gasteiger partial charge in [-0.15, -0.1) is 0 Å². The molecule has 1 saturated heterocycles. The van der Waals surface area contributed by atoms with Gasteiger partial charge in [0.05, 0.1) is 5.56 Å². The van der Waals surface area contributed by atoms with Gasteiger partial charge in [-0.3, -0.25) is 4.90 Å². The number of carboxylic acid groups (broad SMARTS) is 1. The van der Waals surface area contributed by atoms with E-state index in [1.165, 1.54) is 5.56 Å². The minimum Gasteiger partial charge on any atom is -0.478 e. The Bertz CT molecular complexity index is 687. The van der Waals surface area contributed by atoms with Crippen molar-refractivity contribution in [3.05, 3.63) is 71.3 Å². The summed E-state index contributed by atoms with van der Waals surface area (Å²) < 4.78 is 0. The molecule has 1 fully saturated rings. The summed E-state index contributed by atoms with van der Waals surface area (Å²) in [7, 11) is 0. The normalized spacial score (nSPS) is 21.0. The van der Waals surface area contributed by atoms with Crippen LogP contribution < -0.4 is 5.32 Å². The van der Waals surface area contributed by atoms with Gasteiger partial charge in [0.25, 0.3) is 0 Å². The first-order chi connectivity index (χ1) is 11.6. The smallest absolute Gasteiger partial charge is 0.335 e. The van der Waals surface area contributed by atoms with Crippen molar-refractivity contribution in [2.75, 3.05) is 6.54 Å². The molecule has 2 atom stereocenters. The van der Waals surface area contributed by atoms with Gasteiger partial charge in [0.1, 0.15) is 0 Å². The van der Waals surface area contributed by atoms with Crippen molar-refractivity contribution in [3.63, 3.8) is 0 Å². The molecule has 24 heavy (non-hydrogen) atoms. The Morgan fingerprint density at radius 2 is 1.92 bits per heavy atom. The molecule has 0 amide bonds. The molecule has 2 aromatic carbocycles. The highest BCUT2D eigenvalue weighted by atomic mass is 16.4. The molecule has 0 radical (unpaired) electrons. The van der Waals surface area contributed by atoms with Gasteiger partial charge in [-0.05, 0) is 36.6 Å². The highest BCUT2D eigenvalue weighted by molar-refractivity contribution is 5.87. The maximum atomic E-state index is 11.0. The summed E-state index contributed by atoms with van der Waals surface area (Å²) in [5, 5.41) is 12.6. The maximum absolute atomic E-state index is 11.0. The van der Waals surface area contributed by atoms with Gasteiger partial charge in [0, 0.05) is 31.7 Å². The number of carboxylic acids is 1. The Morgan fingerprint density at radius 3 is 2.67 bits per heavy atom. The van der Waals surface area contributed by atoms with Crippen molar-refractivity contribution in [1.82, 2.24) is 10.2 Å². The number of nitrogens with one attached hydrogen (secondary N) is 1. The Balaban J connectivity index is 1.54. The van der Waals surface area contributed by atoms with E-state index in [4.69, 9.17) is 5.11 Å². The molecule has 126 valence electrons. The topological polar surface area (TPSA) is 52.6 Å². The van der Waals surface area contributed by atoms with Crippen molar-refractivity contribution in [3.8, 4) is 0 Å². The highest BCUT2D eigenvalue weighted by Gasteiger charge is 2.28. The Morgan fingerprint density at radius 1 is 1.17 bits per heavy atom. The van der Waals surface area contributed by atoms with Crippen LogP contribution in [0.15, 0.2) is 54.6 Å². The van der Waals surface area contributed by atoms with Gasteiger partial charge in [-0.25, -0.2) is 4.79 Å². The predicted octanol–water partition coefficient (Wildman–Crippen LogP) is 3.14. The fourth-order valence-corrected chi connectivity index (χ4v) is 3.36. The lowest BCUT2D eigenvalue weighted by molar-refractivity contribution is 0.0696. The standard InChI is InChI=1S/C20H24N2O2/c1-15-10-19(14-22(15)13-16-6-3-2-4-7-16)21-12-17-8-5-9-18(11-17)20(23)24/h2-9,11,15,19,21H,10,12-14H2,1H3,(H,23,24). The largest absolute Gasteiger partial charge is 0.478 e. The molecule has 4 heteroatoms. The van der Waals surface area contributed by atoms with Crippen molar-refractivity contribution in [2.24, 2.45) is 0 Å². The molecule has 2 aromatic rings. The third-order valence-electron chi connectivity index (χ3n) is 4.70. The van der Waals surface area contributed by atoms with E-state index < -0.39 is 5.97 Å². The first-order valence-corrected chi connectivity index (χ1v) is 8.45. The molecule has 0 saturated carbocycles. The number of carbonyl (C=O) groups is 1. The van der Waals surface area contributed by atoms with Crippen molar-refractivity contribution in [1.29, 1.82) is 0 Å². The Hall–Kier alpha value is -2.17. The molecule has 0 aliphatic carbocycles. The molecule has 1 aliphatic rings. The average Bonchev–Trinajstić information content (AvgIpc) is 2.94. The predicted molar refractivity (Wildman–Crippen MR) is 95.0 cm³/mol. The Labute approximate surface area is 143 Å². The molecule has 2 unspecified atom stereocenters. The lowest BCUT2D eigenvalue weighted by atomic mass is 10.1. The zero-order chi connectivity index (χ0) is 16.9. The van der Waals surface area contributed by atoms with Crippen molar-refractivity contribution >= 4 is 5.97 Å². The fourth-order valence-electron chi connectivity index (χ4n) is 3.36. The molecular weight excluding hydrogens is 300 g/mol. The monoisotopic (exact) mass is 324 g/mol. The summed E-state index contributed by atoms with van der Waals surface area (Å²) in [5.41, 5.74) is 2.71. The maximum Gasteiger partial charge on any atom is 0.335 e. The van der Waals surface area contributed by atoms with Crippen molar-refractivity contribution in [2.45, 2.75) is 38.5 Å². The van der Waals surface area contributed by atoms with E-state index in [0.29, 0.717) is 24.2 Å². The second kappa shape index (κ2) is 7.60. The summed E-state index contributed by atoms with van der Waals surface area (Å²) in [6, 6.07) is 18.7. The lowest BCUT2D eigenvalue weighted by Crippen LogP contribution is -2.32. The molecule has 3 rings (SSSR count). The third kappa shape index (κ3) is 4.22. The lowest BCUT2D eigenvalue weighted by Gasteiger charge is -2.21. The molecule has 0 bridgehead atoms. The number of likely N-dealkylation sites (tertiary alicyclic amines) is 1. The van der Waals surface area contributed by atoms with E-state index in [0.717, 1.165) is 25.1 Å². The molecular formula is C20H24N2O2. The van der Waals surface area contributed by atoms with Crippen LogP contribution in [0, 0.1) is 0 Å². The van der Waals surface area contributed by atoms with Crippen LogP contribution in [0.1, 0.15) is 34.8 Å². The van der Waals surface area contributed by atoms with E-state index in [2.05, 4.69) is 41.4 Å². The van der Waals surface area contributed by atoms with E-state index in [-0.39, 0.29) is 0 Å². The van der Waals surface area contributed by atoms with E-state index in [1.54, 1.807) is 18.2 Å². The van der Waals surface area contributed by atoms with E-state index >= 15 is 0 Å². The summed E-state index contributed by atoms with van der Waals surface area (Å²) in [6.07, 6.45) is 1.12. The zero-order valence-electron chi connectivity index (χ0n) is 14.0. The number of rotatable bonds is 6. The highest BCUT2D eigenvalue weighted by Crippen LogP contribution is 2.20. The van der Waals surface area contributed by atoms with Crippen LogP contribution in [0.5, 0.6) is 0 Å². The molecule has 0 spiro atoms. The molecule has 1 heterocycles. The first kappa shape index (κ1) is 16.7. The van der Waals surface area contributed by atoms with Crippen LogP contribution in [-0.2, 0) is 13.1 Å².